The van der Waals surface area contributed by atoms with E-state index in [9.17, 15) is 4.79 Å². The van der Waals surface area contributed by atoms with Crippen molar-refractivity contribution in [2.24, 2.45) is 5.92 Å². The summed E-state index contributed by atoms with van der Waals surface area (Å²) in [5.41, 5.74) is 3.52. The van der Waals surface area contributed by atoms with Crippen LogP contribution in [0.4, 0.5) is 5.13 Å². The minimum Gasteiger partial charge on any atom is -0.496 e. The number of amides is 1. The molecule has 1 amide bonds. The number of ether oxygens (including phenoxy) is 2. The van der Waals surface area contributed by atoms with E-state index in [1.165, 1.54) is 31.1 Å². The van der Waals surface area contributed by atoms with Gasteiger partial charge in [0, 0.05) is 10.9 Å². The summed E-state index contributed by atoms with van der Waals surface area (Å²) in [6.45, 7) is 4.42. The molecule has 0 fully saturated rings. The summed E-state index contributed by atoms with van der Waals surface area (Å²) in [5.74, 6) is 1.21. The highest BCUT2D eigenvalue weighted by Gasteiger charge is 2.19. The second-order valence-electron chi connectivity index (χ2n) is 6.82. The highest BCUT2D eigenvalue weighted by atomic mass is 32.1. The molecule has 6 heteroatoms. The summed E-state index contributed by atoms with van der Waals surface area (Å²) in [4.78, 5) is 17.3. The zero-order valence-corrected chi connectivity index (χ0v) is 17.3. The normalized spacial score (nSPS) is 10.8. The Bertz CT molecular complexity index is 926. The maximum Gasteiger partial charge on any atom is 0.265 e. The lowest BCUT2D eigenvalue weighted by atomic mass is 10.0. The molecule has 0 saturated carbocycles. The Morgan fingerprint density at radius 1 is 1.07 bits per heavy atom. The van der Waals surface area contributed by atoms with Gasteiger partial charge in [-0.3, -0.25) is 10.1 Å². The summed E-state index contributed by atoms with van der Waals surface area (Å²) < 4.78 is 10.6. The topological polar surface area (TPSA) is 60.5 Å². The molecule has 2 aromatic carbocycles. The van der Waals surface area contributed by atoms with Crippen molar-refractivity contribution in [3.63, 3.8) is 0 Å². The summed E-state index contributed by atoms with van der Waals surface area (Å²) in [6.07, 6.45) is 1.05. The highest BCUT2D eigenvalue weighted by molar-refractivity contribution is 7.14. The molecule has 0 unspecified atom stereocenters. The van der Waals surface area contributed by atoms with Crippen LogP contribution in [-0.2, 0) is 6.42 Å². The number of anilines is 1. The summed E-state index contributed by atoms with van der Waals surface area (Å²) in [5, 5.41) is 5.31. The fourth-order valence-corrected chi connectivity index (χ4v) is 3.70. The van der Waals surface area contributed by atoms with Crippen LogP contribution in [0.1, 0.15) is 29.8 Å². The number of carbonyl (C=O) groups excluding carboxylic acids is 1. The predicted octanol–water partition coefficient (Wildman–Crippen LogP) is 5.28. The Kier molecular flexibility index (Phi) is 6.31. The van der Waals surface area contributed by atoms with E-state index in [-0.39, 0.29) is 5.91 Å². The smallest absolute Gasteiger partial charge is 0.265 e. The van der Waals surface area contributed by atoms with Gasteiger partial charge in [-0.1, -0.05) is 44.2 Å². The van der Waals surface area contributed by atoms with Gasteiger partial charge in [0.05, 0.1) is 19.9 Å². The Morgan fingerprint density at radius 3 is 2.29 bits per heavy atom. The molecule has 0 saturated heterocycles. The van der Waals surface area contributed by atoms with Crippen molar-refractivity contribution in [3.8, 4) is 22.8 Å². The van der Waals surface area contributed by atoms with Crippen LogP contribution in [0, 0.1) is 5.92 Å². The number of rotatable bonds is 7. The van der Waals surface area contributed by atoms with Gasteiger partial charge in [-0.15, -0.1) is 11.3 Å². The lowest BCUT2D eigenvalue weighted by Gasteiger charge is -2.11. The van der Waals surface area contributed by atoms with E-state index >= 15 is 0 Å². The Hall–Kier alpha value is -2.86. The fraction of sp³-hybridized carbons (Fsp3) is 0.273. The van der Waals surface area contributed by atoms with E-state index in [1.54, 1.807) is 18.2 Å². The van der Waals surface area contributed by atoms with E-state index < -0.39 is 0 Å². The molecule has 0 spiro atoms. The van der Waals surface area contributed by atoms with Crippen molar-refractivity contribution in [2.45, 2.75) is 20.3 Å². The zero-order chi connectivity index (χ0) is 20.1. The van der Waals surface area contributed by atoms with Crippen LogP contribution in [0.25, 0.3) is 11.3 Å². The molecule has 3 aromatic rings. The van der Waals surface area contributed by atoms with Crippen LogP contribution < -0.4 is 14.8 Å². The van der Waals surface area contributed by atoms with Crippen molar-refractivity contribution in [2.75, 3.05) is 19.5 Å². The second kappa shape index (κ2) is 8.89. The number of aromatic nitrogens is 1. The van der Waals surface area contributed by atoms with Crippen LogP contribution in [-0.4, -0.2) is 25.1 Å². The van der Waals surface area contributed by atoms with Crippen molar-refractivity contribution < 1.29 is 14.3 Å². The third-order valence-corrected chi connectivity index (χ3v) is 5.03. The maximum atomic E-state index is 12.8. The number of thiazole rings is 1. The molecule has 1 N–H and O–H groups in total. The third-order valence-electron chi connectivity index (χ3n) is 4.27. The number of methoxy groups -OCH3 is 2. The van der Waals surface area contributed by atoms with Crippen LogP contribution in [0.15, 0.2) is 47.8 Å². The molecule has 0 bridgehead atoms. The fourth-order valence-electron chi connectivity index (χ4n) is 2.98. The van der Waals surface area contributed by atoms with Crippen molar-refractivity contribution >= 4 is 22.4 Å². The molecule has 1 heterocycles. The van der Waals surface area contributed by atoms with Gasteiger partial charge in [0.2, 0.25) is 0 Å². The molecule has 0 radical (unpaired) electrons. The summed E-state index contributed by atoms with van der Waals surface area (Å²) >= 11 is 1.38. The highest BCUT2D eigenvalue weighted by Crippen LogP contribution is 2.30. The zero-order valence-electron chi connectivity index (χ0n) is 16.5. The number of nitrogens with zero attached hydrogens (tertiary/aromatic N) is 1. The quantitative estimate of drug-likeness (QED) is 0.590. The van der Waals surface area contributed by atoms with Gasteiger partial charge in [-0.25, -0.2) is 4.98 Å². The average molecular weight is 397 g/mol. The van der Waals surface area contributed by atoms with Gasteiger partial charge in [0.25, 0.3) is 5.91 Å². The summed E-state index contributed by atoms with van der Waals surface area (Å²) in [7, 11) is 3.05. The first-order valence-corrected chi connectivity index (χ1v) is 9.97. The Morgan fingerprint density at radius 2 is 1.71 bits per heavy atom. The number of hydrogen-bond acceptors (Lipinski definition) is 5. The molecule has 0 aliphatic rings. The van der Waals surface area contributed by atoms with Gasteiger partial charge in [0.1, 0.15) is 17.1 Å². The predicted molar refractivity (Wildman–Crippen MR) is 114 cm³/mol. The van der Waals surface area contributed by atoms with Crippen molar-refractivity contribution in [3.05, 3.63) is 59.0 Å². The van der Waals surface area contributed by atoms with E-state index in [2.05, 4.69) is 48.4 Å². The van der Waals surface area contributed by atoms with E-state index in [0.717, 1.165) is 17.7 Å². The minimum absolute atomic E-state index is 0.317. The maximum absolute atomic E-state index is 12.8. The third kappa shape index (κ3) is 4.51. The monoisotopic (exact) mass is 396 g/mol. The molecule has 28 heavy (non-hydrogen) atoms. The van der Waals surface area contributed by atoms with Crippen LogP contribution in [0.3, 0.4) is 0 Å². The van der Waals surface area contributed by atoms with Crippen molar-refractivity contribution in [1.82, 2.24) is 4.98 Å². The van der Waals surface area contributed by atoms with Gasteiger partial charge in [-0.2, -0.15) is 0 Å². The average Bonchev–Trinajstić information content (AvgIpc) is 3.15. The Labute approximate surface area is 169 Å². The lowest BCUT2D eigenvalue weighted by molar-refractivity contribution is 0.102. The largest absolute Gasteiger partial charge is 0.496 e. The van der Waals surface area contributed by atoms with E-state index in [4.69, 9.17) is 9.47 Å². The number of benzene rings is 2. The molecule has 146 valence electrons. The Balaban J connectivity index is 1.77. The first-order chi connectivity index (χ1) is 13.5. The number of carbonyl (C=O) groups is 1. The van der Waals surface area contributed by atoms with Crippen LogP contribution in [0.2, 0.25) is 0 Å². The first-order valence-electron chi connectivity index (χ1n) is 9.09. The number of hydrogen-bond donors (Lipinski definition) is 1. The molecular weight excluding hydrogens is 372 g/mol. The van der Waals surface area contributed by atoms with Gasteiger partial charge in [-0.05, 0) is 30.0 Å². The van der Waals surface area contributed by atoms with Crippen LogP contribution >= 0.6 is 11.3 Å². The second-order valence-corrected chi connectivity index (χ2v) is 7.68. The van der Waals surface area contributed by atoms with Crippen LogP contribution in [0.5, 0.6) is 11.5 Å². The van der Waals surface area contributed by atoms with E-state index in [0.29, 0.717) is 28.1 Å². The van der Waals surface area contributed by atoms with Crippen molar-refractivity contribution in [1.29, 1.82) is 0 Å². The standard InChI is InChI=1S/C22H24N2O3S/c1-14(2)12-15-8-10-16(11-9-15)17-13-28-22(23-17)24-21(25)20-18(26-3)6-5-7-19(20)27-4/h5-11,13-14H,12H2,1-4H3,(H,23,24,25). The van der Waals surface area contributed by atoms with Gasteiger partial charge >= 0.3 is 0 Å². The minimum atomic E-state index is -0.317. The molecule has 0 aliphatic carbocycles. The SMILES string of the molecule is COc1cccc(OC)c1C(=O)Nc1nc(-c2ccc(CC(C)C)cc2)cs1. The first kappa shape index (κ1) is 19.9. The molecule has 1 aromatic heterocycles. The molecule has 0 aliphatic heterocycles. The summed E-state index contributed by atoms with van der Waals surface area (Å²) in [6, 6.07) is 13.6. The molecule has 0 atom stereocenters. The van der Waals surface area contributed by atoms with Gasteiger partial charge < -0.3 is 9.47 Å². The van der Waals surface area contributed by atoms with Gasteiger partial charge in [0.15, 0.2) is 5.13 Å². The van der Waals surface area contributed by atoms with E-state index in [1.807, 2.05) is 5.38 Å². The molecule has 5 nitrogen and oxygen atoms in total. The number of nitrogens with one attached hydrogen (secondary N) is 1. The molecular formula is C22H24N2O3S. The lowest BCUT2D eigenvalue weighted by Crippen LogP contribution is -2.14. The molecule has 3 rings (SSSR count).